The smallest absolute Gasteiger partial charge is 0.405 e. The summed E-state index contributed by atoms with van der Waals surface area (Å²) in [6, 6.07) is 7.22. The van der Waals surface area contributed by atoms with E-state index in [1.54, 1.807) is 39.1 Å². The average molecular weight is 497 g/mol. The quantitative estimate of drug-likeness (QED) is 0.369. The van der Waals surface area contributed by atoms with Crippen molar-refractivity contribution in [1.82, 2.24) is 15.0 Å². The molecule has 1 amide bonds. The Bertz CT molecular complexity index is 1200. The van der Waals surface area contributed by atoms with Gasteiger partial charge < -0.3 is 21.5 Å². The first-order valence-electron chi connectivity index (χ1n) is 12.4. The molecule has 0 radical (unpaired) electrons. The van der Waals surface area contributed by atoms with Gasteiger partial charge in [0.05, 0.1) is 23.1 Å². The molecule has 0 saturated heterocycles. The van der Waals surface area contributed by atoms with Crippen LogP contribution in [0.25, 0.3) is 22.3 Å². The van der Waals surface area contributed by atoms with Crippen LogP contribution < -0.4 is 16.8 Å². The predicted molar refractivity (Wildman–Crippen MR) is 142 cm³/mol. The van der Waals surface area contributed by atoms with Crippen LogP contribution in [-0.2, 0) is 4.74 Å². The molecule has 1 aliphatic rings. The first-order valence-corrected chi connectivity index (χ1v) is 12.4. The largest absolute Gasteiger partial charge is 0.444 e. The number of fused-ring (bicyclic) bond motifs is 1. The Kier molecular flexibility index (Phi) is 8.66. The van der Waals surface area contributed by atoms with E-state index in [-0.39, 0.29) is 11.6 Å². The van der Waals surface area contributed by atoms with Crippen molar-refractivity contribution in [1.29, 1.82) is 0 Å². The fraction of sp³-hybridized carbons (Fsp3) is 0.481. The second-order valence-electron chi connectivity index (χ2n) is 10.4. The molecule has 0 unspecified atom stereocenters. The van der Waals surface area contributed by atoms with Gasteiger partial charge in [-0.2, -0.15) is 0 Å². The summed E-state index contributed by atoms with van der Waals surface area (Å²) in [6.07, 6.45) is 7.19. The van der Waals surface area contributed by atoms with E-state index < -0.39 is 17.5 Å². The van der Waals surface area contributed by atoms with Gasteiger partial charge in [-0.25, -0.2) is 24.1 Å². The number of carbonyl (C=O) groups excluding carboxylic acids is 1. The molecule has 1 aliphatic carbocycles. The number of pyridine rings is 1. The third-order valence-electron chi connectivity index (χ3n) is 5.84. The van der Waals surface area contributed by atoms with E-state index in [1.807, 2.05) is 6.07 Å². The molecule has 4 rings (SSSR count). The number of hydrogen-bond acceptors (Lipinski definition) is 7. The molecule has 5 N–H and O–H groups in total. The highest BCUT2D eigenvalue weighted by Crippen LogP contribution is 2.30. The molecule has 9 heteroatoms. The van der Waals surface area contributed by atoms with E-state index in [2.05, 4.69) is 33.9 Å². The van der Waals surface area contributed by atoms with Gasteiger partial charge in [-0.15, -0.1) is 0 Å². The summed E-state index contributed by atoms with van der Waals surface area (Å²) in [5.74, 6) is 0.475. The standard InChI is InChI=1S/C22H26FN5.C5H11NO2/c1-13(2)16-11-19(14-8-9-18(24)17(23)10-14)27-20-12-25-22(28-21(16)20)26-15-6-4-3-5-7-15;1-5(2,3)8-4(6)7/h8-13,15H,3-7,24H2,1-2H3,(H,25,26,28);1-3H3,(H2,6,7). The Morgan fingerprint density at radius 1 is 1.14 bits per heavy atom. The number of carbonyl (C=O) groups is 1. The zero-order chi connectivity index (χ0) is 26.5. The molecule has 2 aromatic heterocycles. The first kappa shape index (κ1) is 27.1. The fourth-order valence-electron chi connectivity index (χ4n) is 4.12. The molecule has 2 heterocycles. The van der Waals surface area contributed by atoms with E-state index >= 15 is 0 Å². The summed E-state index contributed by atoms with van der Waals surface area (Å²) in [5.41, 5.74) is 14.0. The van der Waals surface area contributed by atoms with Crippen molar-refractivity contribution < 1.29 is 13.9 Å². The van der Waals surface area contributed by atoms with Gasteiger partial charge in [0.15, 0.2) is 0 Å². The summed E-state index contributed by atoms with van der Waals surface area (Å²) in [5, 5.41) is 3.49. The molecular weight excluding hydrogens is 459 g/mol. The second-order valence-corrected chi connectivity index (χ2v) is 10.4. The number of benzene rings is 1. The Hall–Kier alpha value is -3.49. The van der Waals surface area contributed by atoms with Crippen LogP contribution in [0.1, 0.15) is 78.2 Å². The van der Waals surface area contributed by atoms with Crippen molar-refractivity contribution in [2.24, 2.45) is 5.73 Å². The van der Waals surface area contributed by atoms with Crippen LogP contribution in [0.4, 0.5) is 20.8 Å². The van der Waals surface area contributed by atoms with Gasteiger partial charge in [0.25, 0.3) is 0 Å². The van der Waals surface area contributed by atoms with Gasteiger partial charge in [0, 0.05) is 11.6 Å². The number of amides is 1. The van der Waals surface area contributed by atoms with Gasteiger partial charge in [-0.1, -0.05) is 39.2 Å². The lowest BCUT2D eigenvalue weighted by atomic mass is 9.96. The minimum absolute atomic E-state index is 0.135. The number of ether oxygens (including phenoxy) is 1. The molecule has 0 bridgehead atoms. The third-order valence-corrected chi connectivity index (χ3v) is 5.84. The number of nitrogen functional groups attached to an aromatic ring is 1. The highest BCUT2D eigenvalue weighted by molar-refractivity contribution is 5.82. The summed E-state index contributed by atoms with van der Waals surface area (Å²) in [4.78, 5) is 24.0. The number of halogens is 1. The number of nitrogens with one attached hydrogen (secondary N) is 1. The summed E-state index contributed by atoms with van der Waals surface area (Å²) < 4.78 is 18.5. The van der Waals surface area contributed by atoms with Crippen LogP contribution in [-0.4, -0.2) is 32.7 Å². The van der Waals surface area contributed by atoms with Crippen molar-refractivity contribution in [2.45, 2.75) is 84.3 Å². The van der Waals surface area contributed by atoms with Crippen molar-refractivity contribution in [3.05, 3.63) is 41.8 Å². The van der Waals surface area contributed by atoms with Crippen LogP contribution in [0.3, 0.4) is 0 Å². The van der Waals surface area contributed by atoms with Crippen molar-refractivity contribution in [2.75, 3.05) is 11.1 Å². The van der Waals surface area contributed by atoms with Gasteiger partial charge in [-0.3, -0.25) is 0 Å². The normalized spacial score (nSPS) is 14.3. The monoisotopic (exact) mass is 496 g/mol. The SMILES string of the molecule is CC(C)(C)OC(N)=O.CC(C)c1cc(-c2ccc(N)c(F)c2)nc2cnc(NC3CCCCC3)nc12. The van der Waals surface area contributed by atoms with Crippen LogP contribution in [0.15, 0.2) is 30.5 Å². The Balaban J connectivity index is 0.000000392. The lowest BCUT2D eigenvalue weighted by Crippen LogP contribution is -2.27. The Morgan fingerprint density at radius 2 is 1.83 bits per heavy atom. The molecule has 36 heavy (non-hydrogen) atoms. The highest BCUT2D eigenvalue weighted by Gasteiger charge is 2.17. The topological polar surface area (TPSA) is 129 Å². The summed E-state index contributed by atoms with van der Waals surface area (Å²) in [6.45, 7) is 9.53. The number of rotatable bonds is 4. The lowest BCUT2D eigenvalue weighted by Gasteiger charge is -2.23. The maximum Gasteiger partial charge on any atom is 0.405 e. The van der Waals surface area contributed by atoms with Crippen LogP contribution in [0.5, 0.6) is 0 Å². The average Bonchev–Trinajstić information content (AvgIpc) is 2.79. The van der Waals surface area contributed by atoms with E-state index in [0.717, 1.165) is 11.1 Å². The molecule has 8 nitrogen and oxygen atoms in total. The second kappa shape index (κ2) is 11.5. The zero-order valence-corrected chi connectivity index (χ0v) is 21.8. The molecule has 1 aromatic carbocycles. The number of nitrogens with two attached hydrogens (primary N) is 2. The minimum Gasteiger partial charge on any atom is -0.444 e. The van der Waals surface area contributed by atoms with Crippen molar-refractivity contribution >= 4 is 28.8 Å². The van der Waals surface area contributed by atoms with Gasteiger partial charge in [0.2, 0.25) is 5.95 Å². The van der Waals surface area contributed by atoms with Gasteiger partial charge in [0.1, 0.15) is 16.9 Å². The van der Waals surface area contributed by atoms with E-state index in [9.17, 15) is 9.18 Å². The fourth-order valence-corrected chi connectivity index (χ4v) is 4.12. The highest BCUT2D eigenvalue weighted by atomic mass is 19.1. The number of anilines is 2. The molecule has 3 aromatic rings. The number of primary amides is 1. The molecule has 194 valence electrons. The predicted octanol–water partition coefficient (Wildman–Crippen LogP) is 6.16. The first-order chi connectivity index (χ1) is 16.9. The molecular formula is C27H37FN6O2. The van der Waals surface area contributed by atoms with Gasteiger partial charge in [-0.05, 0) is 63.3 Å². The molecule has 1 saturated carbocycles. The summed E-state index contributed by atoms with van der Waals surface area (Å²) >= 11 is 0. The maximum absolute atomic E-state index is 13.9. The number of aromatic nitrogens is 3. The Labute approximate surface area is 212 Å². The minimum atomic E-state index is -0.725. The zero-order valence-electron chi connectivity index (χ0n) is 21.8. The molecule has 0 atom stereocenters. The number of nitrogens with zero attached hydrogens (tertiary/aromatic N) is 3. The molecule has 1 fully saturated rings. The van der Waals surface area contributed by atoms with Crippen LogP contribution in [0, 0.1) is 5.82 Å². The summed E-state index contributed by atoms with van der Waals surface area (Å²) in [7, 11) is 0. The molecule has 0 spiro atoms. The van der Waals surface area contributed by atoms with Gasteiger partial charge >= 0.3 is 6.09 Å². The maximum atomic E-state index is 13.9. The van der Waals surface area contributed by atoms with E-state index in [1.165, 1.54) is 38.2 Å². The molecule has 0 aliphatic heterocycles. The Morgan fingerprint density at radius 3 is 2.39 bits per heavy atom. The third kappa shape index (κ3) is 7.50. The van der Waals surface area contributed by atoms with Crippen LogP contribution in [0.2, 0.25) is 0 Å². The lowest BCUT2D eigenvalue weighted by molar-refractivity contribution is 0.0600. The van der Waals surface area contributed by atoms with E-state index in [0.29, 0.717) is 28.8 Å². The van der Waals surface area contributed by atoms with Crippen molar-refractivity contribution in [3.63, 3.8) is 0 Å². The van der Waals surface area contributed by atoms with E-state index in [4.69, 9.17) is 16.5 Å². The van der Waals surface area contributed by atoms with Crippen LogP contribution >= 0.6 is 0 Å². The van der Waals surface area contributed by atoms with Crippen molar-refractivity contribution in [3.8, 4) is 11.3 Å². The number of hydrogen-bond donors (Lipinski definition) is 3.